The van der Waals surface area contributed by atoms with E-state index in [1.54, 1.807) is 12.4 Å². The van der Waals surface area contributed by atoms with E-state index >= 15 is 0 Å². The summed E-state index contributed by atoms with van der Waals surface area (Å²) in [5, 5.41) is 17.1. The highest BCUT2D eigenvalue weighted by Crippen LogP contribution is 2.53. The van der Waals surface area contributed by atoms with Crippen molar-refractivity contribution >= 4 is 15.9 Å². The summed E-state index contributed by atoms with van der Waals surface area (Å²) in [5.41, 5.74) is 0.539. The Balaban J connectivity index is 2.06. The minimum Gasteiger partial charge on any atom is -0.320 e. The average molecular weight is 349 g/mol. The number of hydrogen-bond donors (Lipinski definition) is 0. The van der Waals surface area contributed by atoms with Crippen LogP contribution >= 0.6 is 15.9 Å². The van der Waals surface area contributed by atoms with Crippen LogP contribution in [0.5, 0.6) is 0 Å². The first-order valence-electron chi connectivity index (χ1n) is 6.73. The maximum absolute atomic E-state index is 13.8. The lowest BCUT2D eigenvalue weighted by atomic mass is 9.57. The monoisotopic (exact) mass is 348 g/mol. The number of benzene rings is 1. The van der Waals surface area contributed by atoms with Crippen LogP contribution in [-0.4, -0.2) is 14.8 Å². The Morgan fingerprint density at radius 3 is 2.81 bits per heavy atom. The lowest BCUT2D eigenvalue weighted by molar-refractivity contribution is 0.171. The van der Waals surface area contributed by atoms with Gasteiger partial charge in [0.25, 0.3) is 0 Å². The molecule has 1 heterocycles. The molecule has 2 aromatic rings. The zero-order valence-electron chi connectivity index (χ0n) is 11.6. The van der Waals surface area contributed by atoms with E-state index in [0.29, 0.717) is 16.8 Å². The minimum absolute atomic E-state index is 0.273. The fourth-order valence-corrected chi connectivity index (χ4v) is 3.76. The van der Waals surface area contributed by atoms with Gasteiger partial charge in [0.1, 0.15) is 18.0 Å². The Labute approximate surface area is 130 Å². The molecular weight excluding hydrogens is 335 g/mol. The largest absolute Gasteiger partial charge is 0.320 e. The molecule has 1 aromatic carbocycles. The second kappa shape index (κ2) is 5.23. The van der Waals surface area contributed by atoms with Crippen molar-refractivity contribution in [1.29, 1.82) is 5.26 Å². The van der Waals surface area contributed by atoms with E-state index in [-0.39, 0.29) is 11.2 Å². The van der Waals surface area contributed by atoms with E-state index in [1.165, 1.54) is 6.07 Å². The lowest BCUT2D eigenvalue weighted by Crippen LogP contribution is -2.44. The third-order valence-electron chi connectivity index (χ3n) is 4.21. The quantitative estimate of drug-likeness (QED) is 0.854. The Bertz CT molecular complexity index is 692. The van der Waals surface area contributed by atoms with Gasteiger partial charge in [0, 0.05) is 17.9 Å². The van der Waals surface area contributed by atoms with Crippen molar-refractivity contribution in [3.8, 4) is 6.07 Å². The molecule has 21 heavy (non-hydrogen) atoms. The number of aryl methyl sites for hydroxylation is 1. The molecule has 1 aromatic heterocycles. The number of aromatic nitrogens is 3. The van der Waals surface area contributed by atoms with Gasteiger partial charge in [-0.3, -0.25) is 0 Å². The number of rotatable bonds is 3. The van der Waals surface area contributed by atoms with Crippen LogP contribution in [0.4, 0.5) is 4.39 Å². The van der Waals surface area contributed by atoms with Crippen LogP contribution in [-0.2, 0) is 12.5 Å². The molecule has 1 fully saturated rings. The maximum atomic E-state index is 13.8. The Morgan fingerprint density at radius 2 is 2.24 bits per heavy atom. The second-order valence-electron chi connectivity index (χ2n) is 5.64. The molecule has 6 heteroatoms. The van der Waals surface area contributed by atoms with Crippen LogP contribution in [0.3, 0.4) is 0 Å². The van der Waals surface area contributed by atoms with Gasteiger partial charge < -0.3 is 4.57 Å². The molecule has 0 spiro atoms. The van der Waals surface area contributed by atoms with Crippen LogP contribution in [0.1, 0.15) is 30.7 Å². The summed E-state index contributed by atoms with van der Waals surface area (Å²) < 4.78 is 16.4. The molecule has 0 unspecified atom stereocenters. The molecule has 0 radical (unpaired) electrons. The summed E-state index contributed by atoms with van der Waals surface area (Å²) in [6.45, 7) is 0. The van der Waals surface area contributed by atoms with Gasteiger partial charge >= 0.3 is 0 Å². The van der Waals surface area contributed by atoms with Gasteiger partial charge in [0.2, 0.25) is 0 Å². The van der Waals surface area contributed by atoms with Crippen LogP contribution in [0.15, 0.2) is 29.0 Å². The zero-order chi connectivity index (χ0) is 15.0. The third-order valence-corrected chi connectivity index (χ3v) is 4.67. The smallest absolute Gasteiger partial charge is 0.143 e. The normalized spacial score (nSPS) is 24.4. The molecule has 0 amide bonds. The van der Waals surface area contributed by atoms with E-state index in [4.69, 9.17) is 5.26 Å². The first kappa shape index (κ1) is 14.2. The second-order valence-corrected chi connectivity index (χ2v) is 6.56. The molecule has 0 aliphatic heterocycles. The highest BCUT2D eigenvalue weighted by molar-refractivity contribution is 9.10. The molecule has 0 N–H and O–H groups in total. The van der Waals surface area contributed by atoms with Gasteiger partial charge in [-0.05, 0) is 42.5 Å². The first-order chi connectivity index (χ1) is 10.0. The van der Waals surface area contributed by atoms with Gasteiger partial charge in [-0.15, -0.1) is 10.2 Å². The van der Waals surface area contributed by atoms with Crippen molar-refractivity contribution in [2.75, 3.05) is 0 Å². The Kier molecular flexibility index (Phi) is 3.54. The van der Waals surface area contributed by atoms with Crippen molar-refractivity contribution in [1.82, 2.24) is 14.8 Å². The molecule has 0 saturated heterocycles. The van der Waals surface area contributed by atoms with Gasteiger partial charge in [0.05, 0.1) is 11.5 Å². The van der Waals surface area contributed by atoms with Crippen molar-refractivity contribution in [2.24, 2.45) is 13.0 Å². The summed E-state index contributed by atoms with van der Waals surface area (Å²) in [7, 11) is 1.89. The molecule has 3 rings (SSSR count). The van der Waals surface area contributed by atoms with Gasteiger partial charge in [-0.25, -0.2) is 4.39 Å². The average Bonchev–Trinajstić information content (AvgIpc) is 2.78. The molecule has 1 aliphatic rings. The number of hydrogen-bond acceptors (Lipinski definition) is 3. The van der Waals surface area contributed by atoms with Crippen LogP contribution in [0.2, 0.25) is 0 Å². The van der Waals surface area contributed by atoms with Crippen LogP contribution in [0.25, 0.3) is 0 Å². The third kappa shape index (κ3) is 2.36. The molecule has 1 aliphatic carbocycles. The molecule has 0 bridgehead atoms. The number of halogens is 2. The Morgan fingerprint density at radius 1 is 1.48 bits per heavy atom. The summed E-state index contributed by atoms with van der Waals surface area (Å²) >= 11 is 3.35. The van der Waals surface area contributed by atoms with E-state index in [1.807, 2.05) is 17.7 Å². The maximum Gasteiger partial charge on any atom is 0.143 e. The summed E-state index contributed by atoms with van der Waals surface area (Å²) in [6, 6.07) is 7.15. The number of nitriles is 1. The SMILES string of the molecule is Cn1cnnc1[C@]1(c2cc(F)cc(Br)c2)C[C@H](CC#N)C1. The molecule has 1 saturated carbocycles. The molecule has 4 nitrogen and oxygen atoms in total. The van der Waals surface area contributed by atoms with Gasteiger partial charge in [-0.2, -0.15) is 5.26 Å². The first-order valence-corrected chi connectivity index (χ1v) is 7.52. The van der Waals surface area contributed by atoms with Crippen molar-refractivity contribution < 1.29 is 4.39 Å². The van der Waals surface area contributed by atoms with Gasteiger partial charge in [-0.1, -0.05) is 15.9 Å². The summed E-state index contributed by atoms with van der Waals surface area (Å²) in [4.78, 5) is 0. The fraction of sp³-hybridized carbons (Fsp3) is 0.400. The lowest BCUT2D eigenvalue weighted by Gasteiger charge is -2.46. The van der Waals surface area contributed by atoms with Gasteiger partial charge in [0.15, 0.2) is 0 Å². The van der Waals surface area contributed by atoms with Crippen LogP contribution in [0, 0.1) is 23.1 Å². The highest BCUT2D eigenvalue weighted by Gasteiger charge is 2.49. The predicted octanol–water partition coefficient (Wildman–Crippen LogP) is 3.33. The highest BCUT2D eigenvalue weighted by atomic mass is 79.9. The minimum atomic E-state index is -0.350. The van der Waals surface area contributed by atoms with Crippen molar-refractivity contribution in [3.63, 3.8) is 0 Å². The molecular formula is C15H14BrFN4. The molecule has 108 valence electrons. The topological polar surface area (TPSA) is 54.5 Å². The van der Waals surface area contributed by atoms with E-state index in [2.05, 4.69) is 32.2 Å². The zero-order valence-corrected chi connectivity index (χ0v) is 13.1. The van der Waals surface area contributed by atoms with E-state index in [0.717, 1.165) is 24.2 Å². The number of nitrogens with zero attached hydrogens (tertiary/aromatic N) is 4. The Hall–Kier alpha value is -1.74. The van der Waals surface area contributed by atoms with E-state index < -0.39 is 0 Å². The summed E-state index contributed by atoms with van der Waals surface area (Å²) in [5.74, 6) is 0.882. The standard InChI is InChI=1S/C15H14BrFN4/c1-21-9-19-20-14(21)15(7-10(8-15)2-3-18)11-4-12(16)6-13(17)5-11/h4-6,9-10H,2,7-8H2,1H3/t10-,15+. The summed E-state index contributed by atoms with van der Waals surface area (Å²) in [6.07, 6.45) is 3.77. The van der Waals surface area contributed by atoms with Crippen molar-refractivity contribution in [2.45, 2.75) is 24.7 Å². The van der Waals surface area contributed by atoms with Crippen LogP contribution < -0.4 is 0 Å². The van der Waals surface area contributed by atoms with E-state index in [9.17, 15) is 4.39 Å². The van der Waals surface area contributed by atoms with Crippen molar-refractivity contribution in [3.05, 3.63) is 46.2 Å². The molecule has 0 atom stereocenters. The predicted molar refractivity (Wildman–Crippen MR) is 78.8 cm³/mol. The fourth-order valence-electron chi connectivity index (χ4n) is 3.29.